The predicted octanol–water partition coefficient (Wildman–Crippen LogP) is 6.69. The normalized spacial score (nSPS) is 15.0. The maximum atomic E-state index is 2.50. The third-order valence-electron chi connectivity index (χ3n) is 7.70. The first kappa shape index (κ1) is 18.0. The first-order valence-corrected chi connectivity index (χ1v) is 7.99. The van der Waals surface area contributed by atoms with Gasteiger partial charge in [0.05, 0.1) is 0 Å². The van der Waals surface area contributed by atoms with Crippen molar-refractivity contribution in [3.63, 3.8) is 0 Å². The van der Waals surface area contributed by atoms with Gasteiger partial charge in [0.1, 0.15) is 0 Å². The van der Waals surface area contributed by atoms with Crippen molar-refractivity contribution in [2.75, 3.05) is 0 Å². The minimum Gasteiger partial charge on any atom is -0.0648 e. The summed E-state index contributed by atoms with van der Waals surface area (Å²) in [5.41, 5.74) is 1.51. The lowest BCUT2D eigenvalue weighted by atomic mass is 9.44. The van der Waals surface area contributed by atoms with E-state index in [2.05, 4.69) is 69.2 Å². The van der Waals surface area contributed by atoms with Gasteiger partial charge in [-0.1, -0.05) is 94.9 Å². The highest BCUT2D eigenvalue weighted by atomic mass is 14.6. The molecule has 0 amide bonds. The number of hydrogen-bond donors (Lipinski definition) is 0. The van der Waals surface area contributed by atoms with E-state index in [0.717, 1.165) is 0 Å². The second-order valence-electron chi connectivity index (χ2n) is 7.79. The average molecular weight is 255 g/mol. The molecule has 0 heteroatoms. The Morgan fingerprint density at radius 3 is 0.722 bits per heavy atom. The molecule has 0 N–H and O–H groups in total. The van der Waals surface area contributed by atoms with Crippen LogP contribution in [0, 0.1) is 21.7 Å². The highest BCUT2D eigenvalue weighted by molar-refractivity contribution is 5.03. The Morgan fingerprint density at radius 1 is 0.444 bits per heavy atom. The molecule has 0 aromatic carbocycles. The first-order valence-electron chi connectivity index (χ1n) is 7.99. The molecule has 0 radical (unpaired) electrons. The Hall–Kier alpha value is 0. The topological polar surface area (TPSA) is 0 Å². The summed E-state index contributed by atoms with van der Waals surface area (Å²) in [6.45, 7) is 24.4. The van der Waals surface area contributed by atoms with Gasteiger partial charge < -0.3 is 0 Å². The number of hydrogen-bond acceptors (Lipinski definition) is 0. The molecule has 0 saturated heterocycles. The van der Waals surface area contributed by atoms with Crippen LogP contribution in [-0.4, -0.2) is 0 Å². The SMILES string of the molecule is CCC(C)(CC)C(C)(C)C(C)(C)C(C)(CC)CC. The van der Waals surface area contributed by atoms with Crippen LogP contribution in [0.1, 0.15) is 94.9 Å². The van der Waals surface area contributed by atoms with E-state index >= 15 is 0 Å². The summed E-state index contributed by atoms with van der Waals surface area (Å²) < 4.78 is 0. The quantitative estimate of drug-likeness (QED) is 0.474. The Labute approximate surface area is 117 Å². The zero-order valence-corrected chi connectivity index (χ0v) is 14.8. The van der Waals surface area contributed by atoms with Crippen LogP contribution < -0.4 is 0 Å². The van der Waals surface area contributed by atoms with Gasteiger partial charge in [-0.2, -0.15) is 0 Å². The molecule has 0 atom stereocenters. The molecule has 0 aliphatic heterocycles. The van der Waals surface area contributed by atoms with Crippen molar-refractivity contribution in [1.82, 2.24) is 0 Å². The molecule has 0 unspecified atom stereocenters. The fraction of sp³-hybridized carbons (Fsp3) is 1.00. The first-order chi connectivity index (χ1) is 7.99. The molecule has 0 aromatic rings. The highest BCUT2D eigenvalue weighted by Crippen LogP contribution is 2.62. The molecule has 0 heterocycles. The third kappa shape index (κ3) is 2.37. The molecule has 0 spiro atoms. The van der Waals surface area contributed by atoms with E-state index in [1.807, 2.05) is 0 Å². The lowest BCUT2D eigenvalue weighted by Crippen LogP contribution is -2.53. The third-order valence-corrected chi connectivity index (χ3v) is 7.70. The van der Waals surface area contributed by atoms with Gasteiger partial charge in [0.25, 0.3) is 0 Å². The largest absolute Gasteiger partial charge is 0.0648 e. The molecule has 0 aliphatic rings. The van der Waals surface area contributed by atoms with Crippen LogP contribution in [0.2, 0.25) is 0 Å². The zero-order valence-electron chi connectivity index (χ0n) is 14.8. The van der Waals surface area contributed by atoms with Crippen molar-refractivity contribution in [2.45, 2.75) is 94.9 Å². The smallest absolute Gasteiger partial charge is 0.0244 e. The summed E-state index contributed by atoms with van der Waals surface area (Å²) in [7, 11) is 0. The second-order valence-corrected chi connectivity index (χ2v) is 7.79. The molecule has 0 saturated carbocycles. The lowest BCUT2D eigenvalue weighted by molar-refractivity contribution is -0.114. The van der Waals surface area contributed by atoms with E-state index in [4.69, 9.17) is 0 Å². The van der Waals surface area contributed by atoms with E-state index in [9.17, 15) is 0 Å². The molecule has 18 heavy (non-hydrogen) atoms. The summed E-state index contributed by atoms with van der Waals surface area (Å²) >= 11 is 0. The van der Waals surface area contributed by atoms with Crippen molar-refractivity contribution in [2.24, 2.45) is 21.7 Å². The molecular formula is C18H38. The van der Waals surface area contributed by atoms with Crippen LogP contribution in [0.5, 0.6) is 0 Å². The van der Waals surface area contributed by atoms with Gasteiger partial charge in [-0.3, -0.25) is 0 Å². The van der Waals surface area contributed by atoms with Gasteiger partial charge in [-0.15, -0.1) is 0 Å². The van der Waals surface area contributed by atoms with Gasteiger partial charge in [-0.25, -0.2) is 0 Å². The van der Waals surface area contributed by atoms with E-state index in [0.29, 0.717) is 21.7 Å². The van der Waals surface area contributed by atoms with Crippen molar-refractivity contribution in [1.29, 1.82) is 0 Å². The summed E-state index contributed by atoms with van der Waals surface area (Å²) in [6, 6.07) is 0. The van der Waals surface area contributed by atoms with Crippen LogP contribution in [-0.2, 0) is 0 Å². The summed E-state index contributed by atoms with van der Waals surface area (Å²) in [4.78, 5) is 0. The van der Waals surface area contributed by atoms with Crippen LogP contribution in [0.3, 0.4) is 0 Å². The van der Waals surface area contributed by atoms with Crippen molar-refractivity contribution >= 4 is 0 Å². The fourth-order valence-electron chi connectivity index (χ4n) is 3.78. The average Bonchev–Trinajstić information content (AvgIpc) is 2.35. The fourth-order valence-corrected chi connectivity index (χ4v) is 3.78. The Balaban J connectivity index is 5.71. The molecule has 0 fully saturated rings. The van der Waals surface area contributed by atoms with E-state index in [1.54, 1.807) is 0 Å². The second kappa shape index (κ2) is 5.55. The summed E-state index contributed by atoms with van der Waals surface area (Å²) in [6.07, 6.45) is 5.07. The van der Waals surface area contributed by atoms with Crippen LogP contribution in [0.15, 0.2) is 0 Å². The Kier molecular flexibility index (Phi) is 5.55. The van der Waals surface area contributed by atoms with Crippen LogP contribution >= 0.6 is 0 Å². The monoisotopic (exact) mass is 254 g/mol. The predicted molar refractivity (Wildman–Crippen MR) is 84.9 cm³/mol. The maximum Gasteiger partial charge on any atom is -0.0244 e. The molecule has 110 valence electrons. The molecular weight excluding hydrogens is 216 g/mol. The maximum absolute atomic E-state index is 2.50. The minimum absolute atomic E-state index is 0.338. The van der Waals surface area contributed by atoms with Gasteiger partial charge in [0.15, 0.2) is 0 Å². The lowest BCUT2D eigenvalue weighted by Gasteiger charge is -2.60. The molecule has 0 rings (SSSR count). The Bertz CT molecular complexity index is 221. The van der Waals surface area contributed by atoms with Gasteiger partial charge in [0.2, 0.25) is 0 Å². The molecule has 0 bridgehead atoms. The minimum atomic E-state index is 0.338. The molecule has 0 aliphatic carbocycles. The summed E-state index contributed by atoms with van der Waals surface area (Å²) in [5, 5.41) is 0. The van der Waals surface area contributed by atoms with E-state index < -0.39 is 0 Å². The van der Waals surface area contributed by atoms with E-state index in [-0.39, 0.29) is 0 Å². The van der Waals surface area contributed by atoms with Crippen molar-refractivity contribution < 1.29 is 0 Å². The standard InChI is InChI=1S/C18H38/c1-11-17(9,12-2)15(5,6)16(7,8)18(10,13-3)14-4/h11-14H2,1-10H3. The molecule has 0 nitrogen and oxygen atoms in total. The van der Waals surface area contributed by atoms with Crippen LogP contribution in [0.25, 0.3) is 0 Å². The zero-order chi connectivity index (χ0) is 14.8. The van der Waals surface area contributed by atoms with Gasteiger partial charge >= 0.3 is 0 Å². The Morgan fingerprint density at radius 2 is 0.611 bits per heavy atom. The van der Waals surface area contributed by atoms with Crippen LogP contribution in [0.4, 0.5) is 0 Å². The molecule has 0 aromatic heterocycles. The number of rotatable bonds is 7. The van der Waals surface area contributed by atoms with Gasteiger partial charge in [-0.05, 0) is 21.7 Å². The van der Waals surface area contributed by atoms with Crippen molar-refractivity contribution in [3.8, 4) is 0 Å². The van der Waals surface area contributed by atoms with Crippen molar-refractivity contribution in [3.05, 3.63) is 0 Å². The summed E-state index contributed by atoms with van der Waals surface area (Å²) in [5.74, 6) is 0. The van der Waals surface area contributed by atoms with E-state index in [1.165, 1.54) is 25.7 Å². The highest BCUT2D eigenvalue weighted by Gasteiger charge is 2.54. The van der Waals surface area contributed by atoms with Gasteiger partial charge in [0, 0.05) is 0 Å².